The monoisotopic (exact) mass is 351 g/mol. The Morgan fingerprint density at radius 1 is 0.923 bits per heavy atom. The molecule has 1 N–H and O–H groups in total. The number of amides is 2. The third-order valence-corrected chi connectivity index (χ3v) is 4.69. The molecule has 136 valence electrons. The van der Waals surface area contributed by atoms with E-state index in [1.54, 1.807) is 0 Å². The fourth-order valence-corrected chi connectivity index (χ4v) is 3.10. The van der Waals surface area contributed by atoms with E-state index in [9.17, 15) is 9.59 Å². The standard InChI is InChI=1S/C21H25N3O2/c1-2-17-8-10-19(11-9-17)22-20(25)16-23-12-14-24(15-13-23)21(26)18-6-4-3-5-7-18/h3-11H,2,12-16H2,1H3,(H,22,25). The van der Waals surface area contributed by atoms with E-state index in [0.29, 0.717) is 38.3 Å². The highest BCUT2D eigenvalue weighted by Crippen LogP contribution is 2.11. The minimum absolute atomic E-state index is 0.0166. The number of anilines is 1. The molecule has 0 bridgehead atoms. The molecule has 0 atom stereocenters. The second-order valence-corrected chi connectivity index (χ2v) is 6.53. The molecule has 1 fully saturated rings. The van der Waals surface area contributed by atoms with Gasteiger partial charge in [0.2, 0.25) is 5.91 Å². The van der Waals surface area contributed by atoms with Crippen LogP contribution >= 0.6 is 0 Å². The molecule has 2 amide bonds. The fraction of sp³-hybridized carbons (Fsp3) is 0.333. The summed E-state index contributed by atoms with van der Waals surface area (Å²) in [5, 5.41) is 2.94. The molecular weight excluding hydrogens is 326 g/mol. The molecule has 2 aromatic carbocycles. The van der Waals surface area contributed by atoms with E-state index in [4.69, 9.17) is 0 Å². The van der Waals surface area contributed by atoms with E-state index in [1.807, 2.05) is 59.5 Å². The van der Waals surface area contributed by atoms with E-state index in [2.05, 4.69) is 17.1 Å². The first-order chi connectivity index (χ1) is 12.7. The molecule has 1 saturated heterocycles. The number of piperazine rings is 1. The van der Waals surface area contributed by atoms with Crippen LogP contribution in [-0.2, 0) is 11.2 Å². The van der Waals surface area contributed by atoms with Crippen molar-refractivity contribution in [2.45, 2.75) is 13.3 Å². The lowest BCUT2D eigenvalue weighted by Gasteiger charge is -2.34. The molecule has 0 aromatic heterocycles. The van der Waals surface area contributed by atoms with Crippen molar-refractivity contribution in [1.29, 1.82) is 0 Å². The van der Waals surface area contributed by atoms with Crippen LogP contribution in [0.4, 0.5) is 5.69 Å². The molecule has 0 saturated carbocycles. The zero-order chi connectivity index (χ0) is 18.4. The summed E-state index contributed by atoms with van der Waals surface area (Å²) in [6, 6.07) is 17.3. The van der Waals surface area contributed by atoms with Gasteiger partial charge in [-0.1, -0.05) is 37.3 Å². The SMILES string of the molecule is CCc1ccc(NC(=O)CN2CCN(C(=O)c3ccccc3)CC2)cc1. The number of carbonyl (C=O) groups is 2. The summed E-state index contributed by atoms with van der Waals surface area (Å²) in [5.41, 5.74) is 2.79. The van der Waals surface area contributed by atoms with Gasteiger partial charge < -0.3 is 10.2 Å². The second kappa shape index (κ2) is 8.63. The number of hydrogen-bond donors (Lipinski definition) is 1. The molecule has 5 heteroatoms. The molecular formula is C21H25N3O2. The summed E-state index contributed by atoms with van der Waals surface area (Å²) in [6.07, 6.45) is 0.986. The fourth-order valence-electron chi connectivity index (χ4n) is 3.10. The Morgan fingerprint density at radius 3 is 2.19 bits per heavy atom. The number of nitrogens with one attached hydrogen (secondary N) is 1. The molecule has 1 aliphatic heterocycles. The Kier molecular flexibility index (Phi) is 6.02. The van der Waals surface area contributed by atoms with Gasteiger partial charge in [-0.3, -0.25) is 14.5 Å². The zero-order valence-electron chi connectivity index (χ0n) is 15.1. The zero-order valence-corrected chi connectivity index (χ0v) is 15.1. The topological polar surface area (TPSA) is 52.7 Å². The summed E-state index contributed by atoms with van der Waals surface area (Å²) >= 11 is 0. The van der Waals surface area contributed by atoms with Crippen LogP contribution in [0.2, 0.25) is 0 Å². The van der Waals surface area contributed by atoms with Crippen molar-refractivity contribution in [2.24, 2.45) is 0 Å². The number of nitrogens with zero attached hydrogens (tertiary/aromatic N) is 2. The van der Waals surface area contributed by atoms with E-state index >= 15 is 0 Å². The summed E-state index contributed by atoms with van der Waals surface area (Å²) in [7, 11) is 0. The van der Waals surface area contributed by atoms with Crippen molar-refractivity contribution in [3.63, 3.8) is 0 Å². The Labute approximate surface area is 154 Å². The van der Waals surface area contributed by atoms with Gasteiger partial charge in [-0.2, -0.15) is 0 Å². The molecule has 1 aliphatic rings. The van der Waals surface area contributed by atoms with Gasteiger partial charge in [-0.05, 0) is 36.2 Å². The minimum atomic E-state index is -0.0166. The van der Waals surface area contributed by atoms with E-state index in [1.165, 1.54) is 5.56 Å². The summed E-state index contributed by atoms with van der Waals surface area (Å²) < 4.78 is 0. The van der Waals surface area contributed by atoms with E-state index in [-0.39, 0.29) is 11.8 Å². The van der Waals surface area contributed by atoms with Gasteiger partial charge in [-0.15, -0.1) is 0 Å². The molecule has 0 spiro atoms. The van der Waals surface area contributed by atoms with Gasteiger partial charge in [0.25, 0.3) is 5.91 Å². The molecule has 0 unspecified atom stereocenters. The van der Waals surface area contributed by atoms with Crippen LogP contribution in [0.5, 0.6) is 0 Å². The lowest BCUT2D eigenvalue weighted by atomic mass is 10.1. The maximum Gasteiger partial charge on any atom is 0.253 e. The highest BCUT2D eigenvalue weighted by atomic mass is 16.2. The normalized spacial score (nSPS) is 14.9. The maximum atomic E-state index is 12.5. The molecule has 0 radical (unpaired) electrons. The Hall–Kier alpha value is -2.66. The number of carbonyl (C=O) groups excluding carboxylic acids is 2. The van der Waals surface area contributed by atoms with Crippen LogP contribution < -0.4 is 5.32 Å². The van der Waals surface area contributed by atoms with Gasteiger partial charge in [-0.25, -0.2) is 0 Å². The summed E-state index contributed by atoms with van der Waals surface area (Å²) in [5.74, 6) is 0.0443. The third kappa shape index (κ3) is 4.70. The lowest BCUT2D eigenvalue weighted by molar-refractivity contribution is -0.117. The summed E-state index contributed by atoms with van der Waals surface area (Å²) in [4.78, 5) is 28.6. The van der Waals surface area contributed by atoms with Crippen LogP contribution in [-0.4, -0.2) is 54.3 Å². The lowest BCUT2D eigenvalue weighted by Crippen LogP contribution is -2.50. The Bertz CT molecular complexity index is 736. The highest BCUT2D eigenvalue weighted by Gasteiger charge is 2.23. The third-order valence-electron chi connectivity index (χ3n) is 4.69. The van der Waals surface area contributed by atoms with Crippen molar-refractivity contribution in [3.05, 3.63) is 65.7 Å². The second-order valence-electron chi connectivity index (χ2n) is 6.53. The van der Waals surface area contributed by atoms with E-state index < -0.39 is 0 Å². The summed E-state index contributed by atoms with van der Waals surface area (Å²) in [6.45, 7) is 5.17. The van der Waals surface area contributed by atoms with Gasteiger partial charge in [0.05, 0.1) is 6.54 Å². The molecule has 3 rings (SSSR count). The van der Waals surface area contributed by atoms with Crippen molar-refractivity contribution < 1.29 is 9.59 Å². The smallest absolute Gasteiger partial charge is 0.253 e. The van der Waals surface area contributed by atoms with Crippen molar-refractivity contribution >= 4 is 17.5 Å². The Balaban J connectivity index is 1.46. The molecule has 5 nitrogen and oxygen atoms in total. The first-order valence-corrected chi connectivity index (χ1v) is 9.11. The first-order valence-electron chi connectivity index (χ1n) is 9.11. The largest absolute Gasteiger partial charge is 0.336 e. The minimum Gasteiger partial charge on any atom is -0.336 e. The number of benzene rings is 2. The van der Waals surface area contributed by atoms with Gasteiger partial charge in [0, 0.05) is 37.4 Å². The van der Waals surface area contributed by atoms with Crippen LogP contribution in [0.3, 0.4) is 0 Å². The molecule has 0 aliphatic carbocycles. The Morgan fingerprint density at radius 2 is 1.58 bits per heavy atom. The van der Waals surface area contributed by atoms with E-state index in [0.717, 1.165) is 12.1 Å². The number of rotatable bonds is 5. The van der Waals surface area contributed by atoms with Crippen LogP contribution in [0.15, 0.2) is 54.6 Å². The predicted molar refractivity (Wildman–Crippen MR) is 103 cm³/mol. The number of hydrogen-bond acceptors (Lipinski definition) is 3. The molecule has 2 aromatic rings. The van der Waals surface area contributed by atoms with Gasteiger partial charge in [0.1, 0.15) is 0 Å². The highest BCUT2D eigenvalue weighted by molar-refractivity contribution is 5.94. The first kappa shape index (κ1) is 18.1. The van der Waals surface area contributed by atoms with Crippen LogP contribution in [0.25, 0.3) is 0 Å². The average Bonchev–Trinajstić information content (AvgIpc) is 2.69. The van der Waals surface area contributed by atoms with Crippen molar-refractivity contribution in [3.8, 4) is 0 Å². The maximum absolute atomic E-state index is 12.5. The van der Waals surface area contributed by atoms with Crippen LogP contribution in [0, 0.1) is 0 Å². The van der Waals surface area contributed by atoms with Crippen molar-refractivity contribution in [1.82, 2.24) is 9.80 Å². The quantitative estimate of drug-likeness (QED) is 0.901. The van der Waals surface area contributed by atoms with Gasteiger partial charge >= 0.3 is 0 Å². The van der Waals surface area contributed by atoms with Crippen molar-refractivity contribution in [2.75, 3.05) is 38.0 Å². The molecule has 1 heterocycles. The van der Waals surface area contributed by atoms with Crippen LogP contribution in [0.1, 0.15) is 22.8 Å². The molecule has 26 heavy (non-hydrogen) atoms. The predicted octanol–water partition coefficient (Wildman–Crippen LogP) is 2.65. The average molecular weight is 351 g/mol. The number of aryl methyl sites for hydroxylation is 1. The van der Waals surface area contributed by atoms with Gasteiger partial charge in [0.15, 0.2) is 0 Å².